The zero-order chi connectivity index (χ0) is 20.9. The number of nitrogens with one attached hydrogen (secondary N) is 2. The number of rotatable bonds is 6. The van der Waals surface area contributed by atoms with Gasteiger partial charge < -0.3 is 20.0 Å². The van der Waals surface area contributed by atoms with Crippen LogP contribution in [0.2, 0.25) is 0 Å². The lowest BCUT2D eigenvalue weighted by molar-refractivity contribution is -0.141. The van der Waals surface area contributed by atoms with Crippen LogP contribution in [-0.4, -0.2) is 48.0 Å². The molecule has 29 heavy (non-hydrogen) atoms. The number of nitrogens with zero attached hydrogens (tertiary/aromatic N) is 4. The summed E-state index contributed by atoms with van der Waals surface area (Å²) in [6, 6.07) is 10.6. The molecule has 2 aromatic heterocycles. The van der Waals surface area contributed by atoms with E-state index in [0.29, 0.717) is 25.6 Å². The molecule has 0 aliphatic carbocycles. The molecular weight excluding hydrogens is 385 g/mol. The van der Waals surface area contributed by atoms with Crippen molar-refractivity contribution in [3.05, 3.63) is 54.0 Å². The van der Waals surface area contributed by atoms with Crippen molar-refractivity contribution in [2.45, 2.75) is 12.7 Å². The smallest absolute Gasteiger partial charge is 0.433 e. The highest BCUT2D eigenvalue weighted by Gasteiger charge is 2.32. The van der Waals surface area contributed by atoms with Crippen molar-refractivity contribution in [3.63, 3.8) is 0 Å². The summed E-state index contributed by atoms with van der Waals surface area (Å²) >= 11 is 0. The number of fused-ring (bicyclic) bond motifs is 1. The van der Waals surface area contributed by atoms with Gasteiger partial charge in [0.15, 0.2) is 5.96 Å². The molecule has 3 rings (SSSR count). The van der Waals surface area contributed by atoms with Gasteiger partial charge in [0.1, 0.15) is 17.0 Å². The van der Waals surface area contributed by atoms with E-state index in [0.717, 1.165) is 29.0 Å². The van der Waals surface area contributed by atoms with Crippen LogP contribution in [0.1, 0.15) is 11.5 Å². The topological polar surface area (TPSA) is 78.6 Å². The van der Waals surface area contributed by atoms with E-state index in [-0.39, 0.29) is 5.95 Å². The standard InChI is InChI=1S/C19H21F3N6O/c1-23-18(28(2)12-14-11-13-5-3-4-6-15(13)29-14)26-10-9-25-17-24-8-7-16(27-17)19(20,21)22/h3-8,11H,9-10,12H2,1-2H3,(H,23,26)(H,24,25,27). The van der Waals surface area contributed by atoms with Gasteiger partial charge in [-0.05, 0) is 18.2 Å². The van der Waals surface area contributed by atoms with Gasteiger partial charge in [-0.2, -0.15) is 13.2 Å². The molecule has 0 bridgehead atoms. The number of para-hydroxylation sites is 1. The highest BCUT2D eigenvalue weighted by Crippen LogP contribution is 2.27. The van der Waals surface area contributed by atoms with Gasteiger partial charge in [0, 0.05) is 38.8 Å². The van der Waals surface area contributed by atoms with E-state index in [1.54, 1.807) is 7.05 Å². The number of furan rings is 1. The van der Waals surface area contributed by atoms with Crippen molar-refractivity contribution in [2.75, 3.05) is 32.5 Å². The van der Waals surface area contributed by atoms with Crippen LogP contribution in [0.25, 0.3) is 11.0 Å². The second kappa shape index (κ2) is 8.80. The van der Waals surface area contributed by atoms with Crippen LogP contribution in [0, 0.1) is 0 Å². The molecular formula is C19H21F3N6O. The number of halogens is 3. The number of anilines is 1. The fourth-order valence-electron chi connectivity index (χ4n) is 2.76. The van der Waals surface area contributed by atoms with Gasteiger partial charge in [0.05, 0.1) is 6.54 Å². The molecule has 0 atom stereocenters. The molecule has 0 aliphatic heterocycles. The number of hydrogen-bond donors (Lipinski definition) is 2. The Balaban J connectivity index is 1.50. The molecule has 0 saturated heterocycles. The molecule has 10 heteroatoms. The summed E-state index contributed by atoms with van der Waals surface area (Å²) in [7, 11) is 3.52. The summed E-state index contributed by atoms with van der Waals surface area (Å²) in [6.07, 6.45) is -3.43. The van der Waals surface area contributed by atoms with E-state index in [1.165, 1.54) is 0 Å². The van der Waals surface area contributed by atoms with Crippen molar-refractivity contribution in [1.29, 1.82) is 0 Å². The first-order valence-electron chi connectivity index (χ1n) is 8.90. The molecule has 0 spiro atoms. The molecule has 0 aliphatic rings. The molecule has 2 heterocycles. The zero-order valence-electron chi connectivity index (χ0n) is 16.0. The third kappa shape index (κ3) is 5.37. The molecule has 0 radical (unpaired) electrons. The molecule has 7 nitrogen and oxygen atoms in total. The molecule has 0 fully saturated rings. The molecule has 0 saturated carbocycles. The van der Waals surface area contributed by atoms with Crippen molar-refractivity contribution in [1.82, 2.24) is 20.2 Å². The SMILES string of the molecule is CN=C(NCCNc1nccc(C(F)(F)F)n1)N(C)Cc1cc2ccccc2o1. The summed E-state index contributed by atoms with van der Waals surface area (Å²) < 4.78 is 43.9. The average Bonchev–Trinajstić information content (AvgIpc) is 3.09. The van der Waals surface area contributed by atoms with Crippen LogP contribution < -0.4 is 10.6 Å². The Labute approximate surface area is 165 Å². The monoisotopic (exact) mass is 406 g/mol. The Bertz CT molecular complexity index is 952. The summed E-state index contributed by atoms with van der Waals surface area (Å²) in [5.74, 6) is 1.34. The van der Waals surface area contributed by atoms with Crippen molar-refractivity contribution in [2.24, 2.45) is 4.99 Å². The first-order valence-corrected chi connectivity index (χ1v) is 8.90. The maximum absolute atomic E-state index is 12.7. The van der Waals surface area contributed by atoms with Crippen LogP contribution >= 0.6 is 0 Å². The van der Waals surface area contributed by atoms with Crippen LogP contribution in [0.15, 0.2) is 52.0 Å². The summed E-state index contributed by atoms with van der Waals surface area (Å²) in [5, 5.41) is 6.93. The highest BCUT2D eigenvalue weighted by atomic mass is 19.4. The van der Waals surface area contributed by atoms with Gasteiger partial charge in [-0.3, -0.25) is 4.99 Å². The second-order valence-corrected chi connectivity index (χ2v) is 6.27. The average molecular weight is 406 g/mol. The first kappa shape index (κ1) is 20.4. The normalized spacial score (nSPS) is 12.2. The van der Waals surface area contributed by atoms with E-state index in [4.69, 9.17) is 4.42 Å². The molecule has 1 aromatic carbocycles. The number of benzene rings is 1. The van der Waals surface area contributed by atoms with Gasteiger partial charge in [-0.25, -0.2) is 9.97 Å². The van der Waals surface area contributed by atoms with Crippen molar-refractivity contribution in [3.8, 4) is 0 Å². The minimum atomic E-state index is -4.50. The lowest BCUT2D eigenvalue weighted by Crippen LogP contribution is -2.40. The van der Waals surface area contributed by atoms with Crippen molar-refractivity contribution >= 4 is 22.9 Å². The fraction of sp³-hybridized carbons (Fsp3) is 0.316. The zero-order valence-corrected chi connectivity index (χ0v) is 16.0. The van der Waals surface area contributed by atoms with E-state index in [1.807, 2.05) is 42.3 Å². The first-order chi connectivity index (χ1) is 13.9. The van der Waals surface area contributed by atoms with Gasteiger partial charge in [-0.1, -0.05) is 18.2 Å². The number of aliphatic imine (C=N–C) groups is 1. The lowest BCUT2D eigenvalue weighted by atomic mass is 10.2. The van der Waals surface area contributed by atoms with E-state index >= 15 is 0 Å². The summed E-state index contributed by atoms with van der Waals surface area (Å²) in [5.41, 5.74) is -0.159. The Hall–Kier alpha value is -3.30. The number of hydrogen-bond acceptors (Lipinski definition) is 5. The predicted octanol–water partition coefficient (Wildman–Crippen LogP) is 3.36. The molecule has 154 valence electrons. The third-order valence-corrected chi connectivity index (χ3v) is 4.08. The van der Waals surface area contributed by atoms with Crippen LogP contribution in [0.4, 0.5) is 19.1 Å². The Morgan fingerprint density at radius 2 is 2.00 bits per heavy atom. The van der Waals surface area contributed by atoms with Gasteiger partial charge in [0.2, 0.25) is 5.95 Å². The maximum Gasteiger partial charge on any atom is 0.433 e. The van der Waals surface area contributed by atoms with E-state index in [2.05, 4.69) is 25.6 Å². The summed E-state index contributed by atoms with van der Waals surface area (Å²) in [4.78, 5) is 13.4. The predicted molar refractivity (Wildman–Crippen MR) is 105 cm³/mol. The Kier molecular flexibility index (Phi) is 6.20. The van der Waals surface area contributed by atoms with Gasteiger partial charge in [-0.15, -0.1) is 0 Å². The van der Waals surface area contributed by atoms with E-state index in [9.17, 15) is 13.2 Å². The highest BCUT2D eigenvalue weighted by molar-refractivity contribution is 5.80. The van der Waals surface area contributed by atoms with E-state index < -0.39 is 11.9 Å². The lowest BCUT2D eigenvalue weighted by Gasteiger charge is -2.21. The number of guanidine groups is 1. The minimum Gasteiger partial charge on any atom is -0.459 e. The maximum atomic E-state index is 12.7. The second-order valence-electron chi connectivity index (χ2n) is 6.27. The molecule has 0 amide bonds. The molecule has 3 aromatic rings. The van der Waals surface area contributed by atoms with Crippen molar-refractivity contribution < 1.29 is 17.6 Å². The fourth-order valence-corrected chi connectivity index (χ4v) is 2.76. The molecule has 2 N–H and O–H groups in total. The molecule has 0 unspecified atom stereocenters. The minimum absolute atomic E-state index is 0.0766. The Morgan fingerprint density at radius 3 is 2.72 bits per heavy atom. The largest absolute Gasteiger partial charge is 0.459 e. The Morgan fingerprint density at radius 1 is 1.21 bits per heavy atom. The van der Waals surface area contributed by atoms with Crippen LogP contribution in [-0.2, 0) is 12.7 Å². The third-order valence-electron chi connectivity index (χ3n) is 4.08. The van der Waals surface area contributed by atoms with Crippen LogP contribution in [0.5, 0.6) is 0 Å². The van der Waals surface area contributed by atoms with Crippen LogP contribution in [0.3, 0.4) is 0 Å². The number of aromatic nitrogens is 2. The number of alkyl halides is 3. The summed E-state index contributed by atoms with van der Waals surface area (Å²) in [6.45, 7) is 1.24. The van der Waals surface area contributed by atoms with Gasteiger partial charge >= 0.3 is 6.18 Å². The van der Waals surface area contributed by atoms with Gasteiger partial charge in [0.25, 0.3) is 0 Å². The quantitative estimate of drug-likeness (QED) is 0.371.